The van der Waals surface area contributed by atoms with Gasteiger partial charge < -0.3 is 15.5 Å². The fourth-order valence-corrected chi connectivity index (χ4v) is 4.75. The molecule has 2 N–H and O–H groups in total. The zero-order chi connectivity index (χ0) is 26.2. The van der Waals surface area contributed by atoms with Gasteiger partial charge in [-0.3, -0.25) is 14.2 Å². The maximum absolute atomic E-state index is 13.5. The standard InChI is InChI=1S/C25H29F3N6O2/c1-14(17-8-18(25(26,27)28)10-19(9-17)32-15(2)35)31-22-21-11-20(16-6-5-7-33(3)12-16)24(36)34(4)23(21)30-13-29-22/h8-11,13-14,16H,5-7,12H2,1-4H3,(H,32,35)(H,29,30,31)/t14-,16?/m1/s1. The molecular weight excluding hydrogens is 473 g/mol. The number of benzene rings is 1. The van der Waals surface area contributed by atoms with E-state index in [4.69, 9.17) is 0 Å². The second-order valence-electron chi connectivity index (χ2n) is 9.41. The number of alkyl halides is 3. The Balaban J connectivity index is 1.75. The van der Waals surface area contributed by atoms with Crippen molar-refractivity contribution in [2.75, 3.05) is 30.8 Å². The predicted molar refractivity (Wildman–Crippen MR) is 132 cm³/mol. The first-order chi connectivity index (χ1) is 16.9. The molecule has 1 aliphatic rings. The number of piperidine rings is 1. The van der Waals surface area contributed by atoms with Crippen molar-refractivity contribution in [3.8, 4) is 0 Å². The average Bonchev–Trinajstić information content (AvgIpc) is 2.80. The number of rotatable bonds is 5. The molecule has 3 aromatic rings. The van der Waals surface area contributed by atoms with Crippen molar-refractivity contribution in [1.82, 2.24) is 19.4 Å². The lowest BCUT2D eigenvalue weighted by Crippen LogP contribution is -2.34. The Kier molecular flexibility index (Phi) is 7.03. The molecule has 1 aromatic carbocycles. The lowest BCUT2D eigenvalue weighted by Gasteiger charge is -2.30. The van der Waals surface area contributed by atoms with E-state index in [1.165, 1.54) is 23.9 Å². The van der Waals surface area contributed by atoms with Crippen molar-refractivity contribution in [3.05, 3.63) is 57.6 Å². The Labute approximate surface area is 206 Å². The summed E-state index contributed by atoms with van der Waals surface area (Å²) in [6.45, 7) is 4.69. The fourth-order valence-electron chi connectivity index (χ4n) is 4.75. The monoisotopic (exact) mass is 502 g/mol. The summed E-state index contributed by atoms with van der Waals surface area (Å²) in [4.78, 5) is 35.4. The third-order valence-corrected chi connectivity index (χ3v) is 6.55. The quantitative estimate of drug-likeness (QED) is 0.541. The first kappa shape index (κ1) is 25.6. The molecule has 2 aromatic heterocycles. The lowest BCUT2D eigenvalue weighted by molar-refractivity contribution is -0.137. The molecule has 1 amide bonds. The number of anilines is 2. The van der Waals surface area contributed by atoms with E-state index in [1.807, 2.05) is 13.1 Å². The Morgan fingerprint density at radius 2 is 1.92 bits per heavy atom. The summed E-state index contributed by atoms with van der Waals surface area (Å²) in [6.07, 6.45) is -1.37. The second kappa shape index (κ2) is 9.88. The van der Waals surface area contributed by atoms with Crippen LogP contribution in [0.25, 0.3) is 11.0 Å². The van der Waals surface area contributed by atoms with Crippen LogP contribution in [0.3, 0.4) is 0 Å². The molecule has 0 radical (unpaired) electrons. The van der Waals surface area contributed by atoms with Crippen LogP contribution in [-0.4, -0.2) is 45.5 Å². The van der Waals surface area contributed by atoms with Crippen LogP contribution in [0.5, 0.6) is 0 Å². The Bertz CT molecular complexity index is 1350. The number of carbonyl (C=O) groups excluding carboxylic acids is 1. The molecular formula is C25H29F3N6O2. The highest BCUT2D eigenvalue weighted by Gasteiger charge is 2.32. The van der Waals surface area contributed by atoms with Gasteiger partial charge in [-0.15, -0.1) is 0 Å². The number of halogens is 3. The number of aryl methyl sites for hydroxylation is 1. The van der Waals surface area contributed by atoms with Crippen LogP contribution in [0.4, 0.5) is 24.7 Å². The molecule has 8 nitrogen and oxygen atoms in total. The van der Waals surface area contributed by atoms with Gasteiger partial charge in [-0.2, -0.15) is 13.2 Å². The van der Waals surface area contributed by atoms with Crippen molar-refractivity contribution < 1.29 is 18.0 Å². The number of likely N-dealkylation sites (tertiary alicyclic amines) is 1. The number of aromatic nitrogens is 3. The van der Waals surface area contributed by atoms with Gasteiger partial charge in [0.25, 0.3) is 5.56 Å². The molecule has 1 fully saturated rings. The molecule has 1 aliphatic heterocycles. The second-order valence-corrected chi connectivity index (χ2v) is 9.41. The van der Waals surface area contributed by atoms with E-state index >= 15 is 0 Å². The number of likely N-dealkylation sites (N-methyl/N-ethyl adjacent to an activating group) is 1. The Morgan fingerprint density at radius 3 is 2.58 bits per heavy atom. The van der Waals surface area contributed by atoms with E-state index in [2.05, 4.69) is 25.5 Å². The van der Waals surface area contributed by atoms with Crippen molar-refractivity contribution in [2.45, 2.75) is 44.8 Å². The van der Waals surface area contributed by atoms with Crippen LogP contribution in [0, 0.1) is 0 Å². The van der Waals surface area contributed by atoms with E-state index in [0.717, 1.165) is 38.1 Å². The minimum Gasteiger partial charge on any atom is -0.363 e. The van der Waals surface area contributed by atoms with E-state index in [-0.39, 0.29) is 17.2 Å². The van der Waals surface area contributed by atoms with Gasteiger partial charge in [-0.05, 0) is 63.2 Å². The van der Waals surface area contributed by atoms with E-state index in [0.29, 0.717) is 28.0 Å². The van der Waals surface area contributed by atoms with Gasteiger partial charge in [0, 0.05) is 37.7 Å². The summed E-state index contributed by atoms with van der Waals surface area (Å²) in [5.74, 6) is 0.0116. The largest absolute Gasteiger partial charge is 0.416 e. The number of hydrogen-bond acceptors (Lipinski definition) is 6. The molecule has 3 heterocycles. The molecule has 36 heavy (non-hydrogen) atoms. The molecule has 1 unspecified atom stereocenters. The molecule has 0 aliphatic carbocycles. The fraction of sp³-hybridized carbons (Fsp3) is 0.440. The van der Waals surface area contributed by atoms with E-state index in [1.54, 1.807) is 14.0 Å². The number of nitrogens with one attached hydrogen (secondary N) is 2. The first-order valence-corrected chi connectivity index (χ1v) is 11.7. The number of carbonyl (C=O) groups is 1. The van der Waals surface area contributed by atoms with Crippen molar-refractivity contribution in [1.29, 1.82) is 0 Å². The van der Waals surface area contributed by atoms with Crippen LogP contribution in [0.2, 0.25) is 0 Å². The van der Waals surface area contributed by atoms with Gasteiger partial charge in [-0.1, -0.05) is 0 Å². The summed E-state index contributed by atoms with van der Waals surface area (Å²) in [6, 6.07) is 4.66. The third-order valence-electron chi connectivity index (χ3n) is 6.55. The molecule has 2 atom stereocenters. The van der Waals surface area contributed by atoms with Gasteiger partial charge in [-0.25, -0.2) is 9.97 Å². The van der Waals surface area contributed by atoms with Crippen LogP contribution in [-0.2, 0) is 18.0 Å². The highest BCUT2D eigenvalue weighted by atomic mass is 19.4. The van der Waals surface area contributed by atoms with Crippen LogP contribution in [0.15, 0.2) is 35.4 Å². The summed E-state index contributed by atoms with van der Waals surface area (Å²) >= 11 is 0. The molecule has 192 valence electrons. The number of fused-ring (bicyclic) bond motifs is 1. The minimum atomic E-state index is -4.58. The number of hydrogen-bond donors (Lipinski definition) is 2. The highest BCUT2D eigenvalue weighted by Crippen LogP contribution is 2.35. The predicted octanol–water partition coefficient (Wildman–Crippen LogP) is 4.29. The Hall–Kier alpha value is -3.47. The minimum absolute atomic E-state index is 0.0552. The van der Waals surface area contributed by atoms with Gasteiger partial charge in [0.05, 0.1) is 17.0 Å². The average molecular weight is 503 g/mol. The smallest absolute Gasteiger partial charge is 0.363 e. The summed E-state index contributed by atoms with van der Waals surface area (Å²) in [5.41, 5.74) is 0.503. The molecule has 4 rings (SSSR count). The summed E-state index contributed by atoms with van der Waals surface area (Å²) in [7, 11) is 3.69. The topological polar surface area (TPSA) is 92.2 Å². The van der Waals surface area contributed by atoms with Gasteiger partial charge in [0.1, 0.15) is 17.8 Å². The highest BCUT2D eigenvalue weighted by molar-refractivity contribution is 5.89. The maximum atomic E-state index is 13.5. The van der Waals surface area contributed by atoms with Crippen molar-refractivity contribution >= 4 is 28.4 Å². The van der Waals surface area contributed by atoms with Crippen LogP contribution < -0.4 is 16.2 Å². The molecule has 0 bridgehead atoms. The molecule has 11 heteroatoms. The zero-order valence-electron chi connectivity index (χ0n) is 20.6. The summed E-state index contributed by atoms with van der Waals surface area (Å²) < 4.78 is 42.1. The Morgan fingerprint density at radius 1 is 1.17 bits per heavy atom. The normalized spacial score (nSPS) is 17.7. The maximum Gasteiger partial charge on any atom is 0.416 e. The lowest BCUT2D eigenvalue weighted by atomic mass is 9.91. The number of pyridine rings is 1. The molecule has 0 saturated carbocycles. The summed E-state index contributed by atoms with van der Waals surface area (Å²) in [5, 5.41) is 6.24. The van der Waals surface area contributed by atoms with E-state index in [9.17, 15) is 22.8 Å². The number of nitrogens with zero attached hydrogens (tertiary/aromatic N) is 4. The number of amides is 1. The van der Waals surface area contributed by atoms with Crippen LogP contribution in [0.1, 0.15) is 55.3 Å². The first-order valence-electron chi connectivity index (χ1n) is 11.7. The molecule has 0 spiro atoms. The zero-order valence-corrected chi connectivity index (χ0v) is 20.6. The van der Waals surface area contributed by atoms with Crippen molar-refractivity contribution in [3.63, 3.8) is 0 Å². The van der Waals surface area contributed by atoms with Gasteiger partial charge in [0.2, 0.25) is 5.91 Å². The van der Waals surface area contributed by atoms with E-state index < -0.39 is 23.7 Å². The van der Waals surface area contributed by atoms with Crippen LogP contribution >= 0.6 is 0 Å². The van der Waals surface area contributed by atoms with Gasteiger partial charge >= 0.3 is 6.18 Å². The van der Waals surface area contributed by atoms with Crippen molar-refractivity contribution in [2.24, 2.45) is 7.05 Å². The molecule has 1 saturated heterocycles. The van der Waals surface area contributed by atoms with Gasteiger partial charge in [0.15, 0.2) is 0 Å². The SMILES string of the molecule is CC(=O)Nc1cc([C@@H](C)Nc2ncnc3c2cc(C2CCCN(C)C2)c(=O)n3C)cc(C(F)(F)F)c1. The third kappa shape index (κ3) is 5.35.